The van der Waals surface area contributed by atoms with Crippen LogP contribution in [0.3, 0.4) is 0 Å². The third kappa shape index (κ3) is 3.17. The van der Waals surface area contributed by atoms with Gasteiger partial charge in [-0.05, 0) is 12.8 Å². The summed E-state index contributed by atoms with van der Waals surface area (Å²) in [6.07, 6.45) is 6.21. The highest BCUT2D eigenvalue weighted by atomic mass is 16.5. The highest BCUT2D eigenvalue weighted by molar-refractivity contribution is 4.84. The number of rotatable bonds is 4. The molecule has 2 rings (SSSR count). The van der Waals surface area contributed by atoms with E-state index in [-0.39, 0.29) is 5.41 Å². The summed E-state index contributed by atoms with van der Waals surface area (Å²) in [5.74, 6) is 0. The van der Waals surface area contributed by atoms with Crippen LogP contribution in [0.15, 0.2) is 0 Å². The Morgan fingerprint density at radius 3 is 2.44 bits per heavy atom. The molecule has 2 fully saturated rings. The first kappa shape index (κ1) is 12.3. The lowest BCUT2D eigenvalue weighted by molar-refractivity contribution is -0.00860. The monoisotopic (exact) mass is 228 g/mol. The summed E-state index contributed by atoms with van der Waals surface area (Å²) in [5.41, 5.74) is 3.61. The van der Waals surface area contributed by atoms with E-state index in [1.165, 1.54) is 32.1 Å². The average Bonchev–Trinajstić information content (AvgIpc) is 2.39. The van der Waals surface area contributed by atoms with Crippen molar-refractivity contribution in [1.82, 2.24) is 10.4 Å². The van der Waals surface area contributed by atoms with E-state index in [0.29, 0.717) is 6.61 Å². The van der Waals surface area contributed by atoms with Gasteiger partial charge < -0.3 is 9.84 Å². The number of ether oxygens (including phenoxy) is 1. The van der Waals surface area contributed by atoms with Crippen molar-refractivity contribution >= 4 is 0 Å². The summed E-state index contributed by atoms with van der Waals surface area (Å²) >= 11 is 0. The largest absolute Gasteiger partial charge is 0.396 e. The fourth-order valence-corrected chi connectivity index (χ4v) is 2.69. The van der Waals surface area contributed by atoms with Gasteiger partial charge in [0.1, 0.15) is 0 Å². The lowest BCUT2D eigenvalue weighted by Gasteiger charge is -2.38. The highest BCUT2D eigenvalue weighted by Gasteiger charge is 2.31. The van der Waals surface area contributed by atoms with Crippen LogP contribution in [0.1, 0.15) is 32.1 Å². The van der Waals surface area contributed by atoms with E-state index >= 15 is 0 Å². The molecule has 0 spiro atoms. The third-order valence-electron chi connectivity index (χ3n) is 3.94. The zero-order valence-electron chi connectivity index (χ0n) is 10.1. The van der Waals surface area contributed by atoms with Crippen molar-refractivity contribution in [3.05, 3.63) is 0 Å². The quantitative estimate of drug-likeness (QED) is 0.746. The maximum atomic E-state index is 9.59. The Morgan fingerprint density at radius 2 is 1.81 bits per heavy atom. The molecule has 4 nitrogen and oxygen atoms in total. The number of aliphatic hydroxyl groups is 1. The van der Waals surface area contributed by atoms with Gasteiger partial charge in [0.05, 0.1) is 13.2 Å². The molecule has 2 aliphatic rings. The molecule has 1 heterocycles. The molecule has 0 unspecified atom stereocenters. The van der Waals surface area contributed by atoms with E-state index in [4.69, 9.17) is 4.74 Å². The Hall–Kier alpha value is -0.160. The van der Waals surface area contributed by atoms with E-state index in [9.17, 15) is 5.11 Å². The number of hydrogen-bond acceptors (Lipinski definition) is 4. The molecule has 0 bridgehead atoms. The Balaban J connectivity index is 1.77. The maximum Gasteiger partial charge on any atom is 0.0608 e. The van der Waals surface area contributed by atoms with Crippen molar-refractivity contribution in [3.8, 4) is 0 Å². The summed E-state index contributed by atoms with van der Waals surface area (Å²) < 4.78 is 5.31. The molecule has 1 saturated carbocycles. The zero-order valence-corrected chi connectivity index (χ0v) is 10.1. The van der Waals surface area contributed by atoms with Gasteiger partial charge in [0, 0.05) is 31.7 Å². The van der Waals surface area contributed by atoms with Gasteiger partial charge in [-0.3, -0.25) is 5.43 Å². The second-order valence-electron chi connectivity index (χ2n) is 5.15. The Labute approximate surface area is 97.9 Å². The van der Waals surface area contributed by atoms with Crippen molar-refractivity contribution in [2.24, 2.45) is 5.41 Å². The summed E-state index contributed by atoms with van der Waals surface area (Å²) in [7, 11) is 0. The van der Waals surface area contributed by atoms with Gasteiger partial charge in [0.2, 0.25) is 0 Å². The normalized spacial score (nSPS) is 26.8. The van der Waals surface area contributed by atoms with Crippen LogP contribution >= 0.6 is 0 Å². The number of hydrogen-bond donors (Lipinski definition) is 2. The maximum absolute atomic E-state index is 9.59. The van der Waals surface area contributed by atoms with Crippen molar-refractivity contribution < 1.29 is 9.84 Å². The van der Waals surface area contributed by atoms with E-state index in [1.54, 1.807) is 0 Å². The van der Waals surface area contributed by atoms with Crippen LogP contribution in [0.5, 0.6) is 0 Å². The lowest BCUT2D eigenvalue weighted by Crippen LogP contribution is -2.51. The minimum atomic E-state index is 0.135. The van der Waals surface area contributed by atoms with E-state index in [0.717, 1.165) is 32.8 Å². The molecule has 1 aliphatic heterocycles. The van der Waals surface area contributed by atoms with E-state index in [2.05, 4.69) is 10.4 Å². The SMILES string of the molecule is OCC1(CNN2CCOCC2)CCCCC1. The lowest BCUT2D eigenvalue weighted by atomic mass is 9.75. The van der Waals surface area contributed by atoms with Crippen LogP contribution in [0.4, 0.5) is 0 Å². The van der Waals surface area contributed by atoms with Crippen LogP contribution < -0.4 is 5.43 Å². The summed E-state index contributed by atoms with van der Waals surface area (Å²) in [4.78, 5) is 0. The standard InChI is InChI=1S/C12H24N2O2/c15-11-12(4-2-1-3-5-12)10-13-14-6-8-16-9-7-14/h13,15H,1-11H2. The van der Waals surface area contributed by atoms with Gasteiger partial charge in [-0.1, -0.05) is 19.3 Å². The molecule has 2 N–H and O–H groups in total. The molecule has 1 saturated heterocycles. The number of morpholine rings is 1. The predicted octanol–water partition coefficient (Wildman–Crippen LogP) is 0.766. The predicted molar refractivity (Wildman–Crippen MR) is 63.0 cm³/mol. The fraction of sp³-hybridized carbons (Fsp3) is 1.00. The van der Waals surface area contributed by atoms with E-state index in [1.807, 2.05) is 0 Å². The van der Waals surface area contributed by atoms with Gasteiger partial charge in [0.25, 0.3) is 0 Å². The topological polar surface area (TPSA) is 44.7 Å². The van der Waals surface area contributed by atoms with Crippen molar-refractivity contribution in [1.29, 1.82) is 0 Å². The van der Waals surface area contributed by atoms with Crippen LogP contribution in [-0.2, 0) is 4.74 Å². The van der Waals surface area contributed by atoms with Crippen molar-refractivity contribution in [3.63, 3.8) is 0 Å². The number of nitrogens with zero attached hydrogens (tertiary/aromatic N) is 1. The highest BCUT2D eigenvalue weighted by Crippen LogP contribution is 2.35. The Bertz CT molecular complexity index is 199. The number of aliphatic hydroxyl groups excluding tert-OH is 1. The smallest absolute Gasteiger partial charge is 0.0608 e. The number of nitrogens with one attached hydrogen (secondary N) is 1. The molecule has 0 amide bonds. The van der Waals surface area contributed by atoms with Crippen LogP contribution in [0.2, 0.25) is 0 Å². The first-order chi connectivity index (χ1) is 7.85. The first-order valence-corrected chi connectivity index (χ1v) is 6.52. The average molecular weight is 228 g/mol. The van der Waals surface area contributed by atoms with Crippen molar-refractivity contribution in [2.75, 3.05) is 39.5 Å². The van der Waals surface area contributed by atoms with Crippen LogP contribution in [0, 0.1) is 5.41 Å². The second kappa shape index (κ2) is 5.96. The van der Waals surface area contributed by atoms with Gasteiger partial charge in [-0.25, -0.2) is 5.01 Å². The molecule has 16 heavy (non-hydrogen) atoms. The molecular formula is C12H24N2O2. The van der Waals surface area contributed by atoms with Gasteiger partial charge >= 0.3 is 0 Å². The minimum Gasteiger partial charge on any atom is -0.396 e. The molecule has 0 atom stereocenters. The summed E-state index contributed by atoms with van der Waals surface area (Å²) in [5, 5.41) is 11.8. The summed E-state index contributed by atoms with van der Waals surface area (Å²) in [6.45, 7) is 4.80. The Morgan fingerprint density at radius 1 is 1.12 bits per heavy atom. The zero-order chi connectivity index (χ0) is 11.3. The van der Waals surface area contributed by atoms with Crippen molar-refractivity contribution in [2.45, 2.75) is 32.1 Å². The molecule has 1 aliphatic carbocycles. The van der Waals surface area contributed by atoms with Gasteiger partial charge in [-0.15, -0.1) is 0 Å². The molecule has 0 aromatic carbocycles. The van der Waals surface area contributed by atoms with E-state index < -0.39 is 0 Å². The molecule has 4 heteroatoms. The third-order valence-corrected chi connectivity index (χ3v) is 3.94. The first-order valence-electron chi connectivity index (χ1n) is 6.52. The fourth-order valence-electron chi connectivity index (χ4n) is 2.69. The molecule has 0 aromatic rings. The molecule has 0 aromatic heterocycles. The second-order valence-corrected chi connectivity index (χ2v) is 5.15. The van der Waals surface area contributed by atoms with Crippen LogP contribution in [0.25, 0.3) is 0 Å². The number of hydrazine groups is 1. The van der Waals surface area contributed by atoms with Crippen LogP contribution in [-0.4, -0.2) is 49.6 Å². The molecule has 94 valence electrons. The van der Waals surface area contributed by atoms with Gasteiger partial charge in [-0.2, -0.15) is 0 Å². The van der Waals surface area contributed by atoms with Gasteiger partial charge in [0.15, 0.2) is 0 Å². The minimum absolute atomic E-state index is 0.135. The summed E-state index contributed by atoms with van der Waals surface area (Å²) in [6, 6.07) is 0. The molecular weight excluding hydrogens is 204 g/mol. The Kier molecular flexibility index (Phi) is 4.58. The molecule has 0 radical (unpaired) electrons.